The Bertz CT molecular complexity index is 848. The molecular formula is C20H20N2O3. The highest BCUT2D eigenvalue weighted by atomic mass is 16.5. The van der Waals surface area contributed by atoms with E-state index in [9.17, 15) is 9.59 Å². The van der Waals surface area contributed by atoms with Crippen molar-refractivity contribution in [3.63, 3.8) is 0 Å². The maximum absolute atomic E-state index is 13.3. The molecule has 2 amide bonds. The van der Waals surface area contributed by atoms with Gasteiger partial charge < -0.3 is 15.0 Å². The zero-order valence-corrected chi connectivity index (χ0v) is 14.1. The molecule has 0 saturated carbocycles. The quantitative estimate of drug-likeness (QED) is 0.872. The maximum atomic E-state index is 13.3. The summed E-state index contributed by atoms with van der Waals surface area (Å²) in [5, 5.41) is 2.82. The van der Waals surface area contributed by atoms with Crippen LogP contribution in [0.1, 0.15) is 42.1 Å². The molecule has 4 rings (SSSR count). The number of amides is 2. The molecule has 0 saturated heterocycles. The number of para-hydroxylation sites is 2. The number of unbranched alkanes of at least 4 members (excludes halogenated alkanes) is 2. The summed E-state index contributed by atoms with van der Waals surface area (Å²) >= 11 is 0. The molecule has 2 heterocycles. The minimum atomic E-state index is -1.46. The van der Waals surface area contributed by atoms with Gasteiger partial charge in [-0.15, -0.1) is 0 Å². The summed E-state index contributed by atoms with van der Waals surface area (Å²) in [5.74, 6) is -0.0853. The van der Waals surface area contributed by atoms with Gasteiger partial charge in [0.1, 0.15) is 5.75 Å². The number of hydrogen-bond donors (Lipinski definition) is 1. The van der Waals surface area contributed by atoms with Crippen molar-refractivity contribution >= 4 is 17.5 Å². The average molecular weight is 336 g/mol. The van der Waals surface area contributed by atoms with Crippen molar-refractivity contribution in [3.05, 3.63) is 59.7 Å². The lowest BCUT2D eigenvalue weighted by Gasteiger charge is -2.34. The summed E-state index contributed by atoms with van der Waals surface area (Å²) in [5.41, 5.74) is 0.485. The monoisotopic (exact) mass is 336 g/mol. The third-order valence-electron chi connectivity index (χ3n) is 4.79. The van der Waals surface area contributed by atoms with Gasteiger partial charge in [0, 0.05) is 6.54 Å². The Balaban J connectivity index is 1.78. The minimum Gasteiger partial charge on any atom is -0.453 e. The highest BCUT2D eigenvalue weighted by Gasteiger charge is 2.56. The second-order valence-corrected chi connectivity index (χ2v) is 6.41. The van der Waals surface area contributed by atoms with Gasteiger partial charge in [0.05, 0.1) is 16.8 Å². The fraction of sp³-hybridized carbons (Fsp3) is 0.300. The molecule has 1 N–H and O–H groups in total. The molecule has 1 atom stereocenters. The Morgan fingerprint density at radius 2 is 1.80 bits per heavy atom. The van der Waals surface area contributed by atoms with E-state index in [0.717, 1.165) is 24.9 Å². The van der Waals surface area contributed by atoms with Crippen molar-refractivity contribution in [2.75, 3.05) is 11.4 Å². The van der Waals surface area contributed by atoms with Crippen molar-refractivity contribution in [1.82, 2.24) is 5.32 Å². The Morgan fingerprint density at radius 3 is 2.64 bits per heavy atom. The molecule has 25 heavy (non-hydrogen) atoms. The molecule has 0 fully saturated rings. The summed E-state index contributed by atoms with van der Waals surface area (Å²) in [6, 6.07) is 14.5. The molecule has 128 valence electrons. The first-order chi connectivity index (χ1) is 12.2. The van der Waals surface area contributed by atoms with E-state index in [1.165, 1.54) is 0 Å². The number of hydrogen-bond acceptors (Lipinski definition) is 3. The highest BCUT2D eigenvalue weighted by molar-refractivity contribution is 6.11. The molecule has 2 aromatic carbocycles. The molecule has 2 aromatic rings. The average Bonchev–Trinajstić information content (AvgIpc) is 2.85. The number of ether oxygens (including phenoxy) is 1. The second kappa shape index (κ2) is 5.92. The van der Waals surface area contributed by atoms with Crippen LogP contribution in [-0.2, 0) is 10.5 Å². The van der Waals surface area contributed by atoms with Crippen LogP contribution in [0.3, 0.4) is 0 Å². The van der Waals surface area contributed by atoms with Crippen LogP contribution in [0.4, 0.5) is 5.69 Å². The van der Waals surface area contributed by atoms with Gasteiger partial charge in [0.25, 0.3) is 17.5 Å². The third-order valence-corrected chi connectivity index (χ3v) is 4.79. The van der Waals surface area contributed by atoms with Crippen molar-refractivity contribution in [1.29, 1.82) is 0 Å². The fourth-order valence-corrected chi connectivity index (χ4v) is 3.54. The molecule has 5 heteroatoms. The second-order valence-electron chi connectivity index (χ2n) is 6.41. The van der Waals surface area contributed by atoms with Crippen LogP contribution in [0.2, 0.25) is 0 Å². The normalized spacial score (nSPS) is 20.9. The van der Waals surface area contributed by atoms with E-state index in [0.29, 0.717) is 23.4 Å². The van der Waals surface area contributed by atoms with Gasteiger partial charge in [-0.2, -0.15) is 0 Å². The Labute approximate surface area is 146 Å². The van der Waals surface area contributed by atoms with E-state index in [1.54, 1.807) is 29.2 Å². The van der Waals surface area contributed by atoms with E-state index in [1.807, 2.05) is 24.3 Å². The number of benzene rings is 2. The Morgan fingerprint density at radius 1 is 1.04 bits per heavy atom. The molecule has 1 spiro atoms. The molecule has 0 aromatic heterocycles. The van der Waals surface area contributed by atoms with Crippen LogP contribution in [-0.4, -0.2) is 18.4 Å². The maximum Gasteiger partial charge on any atom is 0.298 e. The van der Waals surface area contributed by atoms with Gasteiger partial charge in [0.2, 0.25) is 0 Å². The molecule has 0 bridgehead atoms. The summed E-state index contributed by atoms with van der Waals surface area (Å²) in [7, 11) is 0. The predicted octanol–water partition coefficient (Wildman–Crippen LogP) is 3.20. The highest BCUT2D eigenvalue weighted by Crippen LogP contribution is 2.44. The molecule has 0 aliphatic carbocycles. The summed E-state index contributed by atoms with van der Waals surface area (Å²) in [6.07, 6.45) is 3.04. The number of nitrogens with zero attached hydrogens (tertiary/aromatic N) is 1. The van der Waals surface area contributed by atoms with Crippen LogP contribution in [0.15, 0.2) is 48.5 Å². The van der Waals surface area contributed by atoms with E-state index >= 15 is 0 Å². The molecule has 0 radical (unpaired) electrons. The fourth-order valence-electron chi connectivity index (χ4n) is 3.54. The third kappa shape index (κ3) is 2.30. The number of carbonyl (C=O) groups is 2. The SMILES string of the molecule is CCCCCN1C(=O)[C@]2(NC(=O)c3ccccc3O2)c2ccccc21. The number of anilines is 1. The number of nitrogens with one attached hydrogen (secondary N) is 1. The minimum absolute atomic E-state index is 0.229. The Hall–Kier alpha value is -2.82. The van der Waals surface area contributed by atoms with Crippen LogP contribution >= 0.6 is 0 Å². The standard InChI is InChI=1S/C20H20N2O3/c1-2-3-8-13-22-16-11-6-5-10-15(16)20(19(22)24)21-18(23)14-9-4-7-12-17(14)25-20/h4-7,9-12H,2-3,8,13H2,1H3,(H,21,23)/t20-/m0/s1. The van der Waals surface area contributed by atoms with Crippen LogP contribution < -0.4 is 15.0 Å². The predicted molar refractivity (Wildman–Crippen MR) is 94.5 cm³/mol. The van der Waals surface area contributed by atoms with Crippen molar-refractivity contribution in [3.8, 4) is 5.75 Å². The summed E-state index contributed by atoms with van der Waals surface area (Å²) < 4.78 is 6.10. The van der Waals surface area contributed by atoms with Crippen molar-refractivity contribution < 1.29 is 14.3 Å². The first-order valence-electron chi connectivity index (χ1n) is 8.69. The van der Waals surface area contributed by atoms with Gasteiger partial charge >= 0.3 is 0 Å². The summed E-state index contributed by atoms with van der Waals surface area (Å²) in [6.45, 7) is 2.74. The smallest absolute Gasteiger partial charge is 0.298 e. The van der Waals surface area contributed by atoms with Gasteiger partial charge in [-0.3, -0.25) is 9.59 Å². The molecule has 0 unspecified atom stereocenters. The van der Waals surface area contributed by atoms with Gasteiger partial charge in [0.15, 0.2) is 0 Å². The van der Waals surface area contributed by atoms with Gasteiger partial charge in [-0.05, 0) is 24.6 Å². The largest absolute Gasteiger partial charge is 0.453 e. The van der Waals surface area contributed by atoms with E-state index in [4.69, 9.17) is 4.74 Å². The van der Waals surface area contributed by atoms with Gasteiger partial charge in [-0.1, -0.05) is 50.1 Å². The zero-order chi connectivity index (χ0) is 17.4. The summed E-state index contributed by atoms with van der Waals surface area (Å²) in [4.78, 5) is 27.6. The number of carbonyl (C=O) groups excluding carboxylic acids is 2. The van der Waals surface area contributed by atoms with Crippen LogP contribution in [0.25, 0.3) is 0 Å². The van der Waals surface area contributed by atoms with Crippen molar-refractivity contribution in [2.45, 2.75) is 31.9 Å². The zero-order valence-electron chi connectivity index (χ0n) is 14.1. The lowest BCUT2D eigenvalue weighted by Crippen LogP contribution is -2.59. The molecule has 2 aliphatic heterocycles. The van der Waals surface area contributed by atoms with E-state index in [2.05, 4.69) is 12.2 Å². The van der Waals surface area contributed by atoms with Crippen LogP contribution in [0.5, 0.6) is 5.75 Å². The van der Waals surface area contributed by atoms with Gasteiger partial charge in [-0.25, -0.2) is 0 Å². The first kappa shape index (κ1) is 15.7. The lowest BCUT2D eigenvalue weighted by atomic mass is 10.0. The molecule has 2 aliphatic rings. The van der Waals surface area contributed by atoms with Crippen LogP contribution in [0, 0.1) is 0 Å². The first-order valence-corrected chi connectivity index (χ1v) is 8.69. The number of fused-ring (bicyclic) bond motifs is 3. The number of rotatable bonds is 4. The van der Waals surface area contributed by atoms with Crippen molar-refractivity contribution in [2.24, 2.45) is 0 Å². The molecule has 5 nitrogen and oxygen atoms in total. The van der Waals surface area contributed by atoms with E-state index in [-0.39, 0.29) is 11.8 Å². The van der Waals surface area contributed by atoms with E-state index < -0.39 is 5.72 Å². The lowest BCUT2D eigenvalue weighted by molar-refractivity contribution is -0.136. The topological polar surface area (TPSA) is 58.6 Å². The molecular weight excluding hydrogens is 316 g/mol. The Kier molecular flexibility index (Phi) is 3.71.